The number of hydrogen-bond acceptors (Lipinski definition) is 4. The van der Waals surface area contributed by atoms with Gasteiger partial charge in [-0.3, -0.25) is 0 Å². The highest BCUT2D eigenvalue weighted by Gasteiger charge is 2.21. The third kappa shape index (κ3) is 3.62. The quantitative estimate of drug-likeness (QED) is 0.815. The summed E-state index contributed by atoms with van der Waals surface area (Å²) in [7, 11) is 3.20. The Bertz CT molecular complexity index is 379. The predicted octanol–water partition coefficient (Wildman–Crippen LogP) is 2.12. The monoisotopic (exact) mass is 253 g/mol. The average Bonchev–Trinajstić information content (AvgIpc) is 2.36. The van der Waals surface area contributed by atoms with E-state index in [2.05, 4.69) is 5.32 Å². The molecule has 102 valence electrons. The number of aliphatic hydroxyl groups is 1. The molecule has 0 saturated heterocycles. The molecule has 0 aliphatic carbocycles. The first-order chi connectivity index (χ1) is 8.49. The molecule has 0 radical (unpaired) electrons. The topological polar surface area (TPSA) is 50.7 Å². The van der Waals surface area contributed by atoms with Gasteiger partial charge in [0.1, 0.15) is 11.5 Å². The average molecular weight is 253 g/mol. The van der Waals surface area contributed by atoms with Gasteiger partial charge in [-0.05, 0) is 25.1 Å². The zero-order valence-electron chi connectivity index (χ0n) is 11.7. The number of methoxy groups -OCH3 is 2. The maximum Gasteiger partial charge on any atom is 0.124 e. The van der Waals surface area contributed by atoms with Gasteiger partial charge in [0.25, 0.3) is 0 Å². The molecule has 4 nitrogen and oxygen atoms in total. The largest absolute Gasteiger partial charge is 0.497 e. The first kappa shape index (κ1) is 14.8. The minimum absolute atomic E-state index is 0.0639. The van der Waals surface area contributed by atoms with Gasteiger partial charge in [0.2, 0.25) is 0 Å². The minimum atomic E-state index is -0.641. The zero-order valence-corrected chi connectivity index (χ0v) is 11.7. The van der Waals surface area contributed by atoms with E-state index in [0.29, 0.717) is 17.5 Å². The molecule has 2 N–H and O–H groups in total. The number of ether oxygens (including phenoxy) is 2. The summed E-state index contributed by atoms with van der Waals surface area (Å²) in [6, 6.07) is 5.68. The summed E-state index contributed by atoms with van der Waals surface area (Å²) in [5.74, 6) is 1.38. The fraction of sp³-hybridized carbons (Fsp3) is 0.571. The molecule has 0 aliphatic rings. The normalized spacial score (nSPS) is 14.4. The Morgan fingerprint density at radius 1 is 1.11 bits per heavy atom. The molecule has 0 saturated carbocycles. The second kappa shape index (κ2) is 6.61. The molecule has 0 unspecified atom stereocenters. The van der Waals surface area contributed by atoms with Gasteiger partial charge in [-0.15, -0.1) is 0 Å². The second-order valence-corrected chi connectivity index (χ2v) is 4.66. The molecule has 0 heterocycles. The van der Waals surface area contributed by atoms with Crippen molar-refractivity contribution in [2.24, 2.45) is 0 Å². The summed E-state index contributed by atoms with van der Waals surface area (Å²) in [5.41, 5.74) is 0.734. The van der Waals surface area contributed by atoms with Crippen LogP contribution in [-0.4, -0.2) is 31.4 Å². The van der Waals surface area contributed by atoms with Crippen LogP contribution in [0, 0.1) is 0 Å². The van der Waals surface area contributed by atoms with E-state index in [4.69, 9.17) is 9.47 Å². The molecule has 18 heavy (non-hydrogen) atoms. The summed E-state index contributed by atoms with van der Waals surface area (Å²) in [4.78, 5) is 0. The molecule has 0 amide bonds. The third-order valence-electron chi connectivity index (χ3n) is 2.83. The Labute approximate surface area is 109 Å². The molecule has 2 atom stereocenters. The first-order valence-corrected chi connectivity index (χ1v) is 6.15. The molecule has 4 heteroatoms. The summed E-state index contributed by atoms with van der Waals surface area (Å²) < 4.78 is 10.5. The van der Waals surface area contributed by atoms with Crippen LogP contribution in [0.5, 0.6) is 11.5 Å². The van der Waals surface area contributed by atoms with Crippen LogP contribution < -0.4 is 14.8 Å². The molecule has 1 aromatic carbocycles. The number of rotatable bonds is 6. The Morgan fingerprint density at radius 2 is 1.78 bits per heavy atom. The van der Waals surface area contributed by atoms with Crippen LogP contribution in [0.4, 0.5) is 0 Å². The van der Waals surface area contributed by atoms with Crippen LogP contribution in [0.25, 0.3) is 0 Å². The lowest BCUT2D eigenvalue weighted by Gasteiger charge is -2.24. The Balaban J connectivity index is 2.98. The van der Waals surface area contributed by atoms with Crippen molar-refractivity contribution in [3.8, 4) is 11.5 Å². The van der Waals surface area contributed by atoms with Gasteiger partial charge in [0.05, 0.1) is 20.3 Å². The smallest absolute Gasteiger partial charge is 0.124 e. The van der Waals surface area contributed by atoms with Gasteiger partial charge in [-0.25, -0.2) is 0 Å². The standard InChI is InChI=1S/C14H23NO3/c1-9(2)15-10(3)14(16)12-8-11(17-4)6-7-13(12)18-5/h6-10,14-16H,1-5H3/t10-,14+/m1/s1. The second-order valence-electron chi connectivity index (χ2n) is 4.66. The Kier molecular flexibility index (Phi) is 5.44. The van der Waals surface area contributed by atoms with Crippen molar-refractivity contribution in [3.05, 3.63) is 23.8 Å². The van der Waals surface area contributed by atoms with Crippen molar-refractivity contribution in [1.82, 2.24) is 5.32 Å². The highest BCUT2D eigenvalue weighted by molar-refractivity contribution is 5.42. The maximum absolute atomic E-state index is 10.4. The molecule has 0 bridgehead atoms. The fourth-order valence-corrected chi connectivity index (χ4v) is 1.96. The maximum atomic E-state index is 10.4. The van der Waals surface area contributed by atoms with E-state index in [1.54, 1.807) is 20.3 Å². The number of benzene rings is 1. The molecular weight excluding hydrogens is 230 g/mol. The summed E-state index contributed by atoms with van der Waals surface area (Å²) in [5, 5.41) is 13.7. The van der Waals surface area contributed by atoms with Crippen LogP contribution in [0.15, 0.2) is 18.2 Å². The van der Waals surface area contributed by atoms with E-state index in [-0.39, 0.29) is 6.04 Å². The van der Waals surface area contributed by atoms with E-state index >= 15 is 0 Å². The number of aliphatic hydroxyl groups excluding tert-OH is 1. The van der Waals surface area contributed by atoms with Gasteiger partial charge in [-0.2, -0.15) is 0 Å². The summed E-state index contributed by atoms with van der Waals surface area (Å²) in [6.07, 6.45) is -0.641. The minimum Gasteiger partial charge on any atom is -0.497 e. The van der Waals surface area contributed by atoms with Gasteiger partial charge in [-0.1, -0.05) is 13.8 Å². The van der Waals surface area contributed by atoms with Crippen molar-refractivity contribution >= 4 is 0 Å². The van der Waals surface area contributed by atoms with Gasteiger partial charge < -0.3 is 19.9 Å². The van der Waals surface area contributed by atoms with Crippen molar-refractivity contribution in [2.45, 2.75) is 39.0 Å². The van der Waals surface area contributed by atoms with Gasteiger partial charge >= 0.3 is 0 Å². The molecule has 1 aromatic rings. The van der Waals surface area contributed by atoms with Crippen molar-refractivity contribution in [3.63, 3.8) is 0 Å². The van der Waals surface area contributed by atoms with Crippen LogP contribution in [0.3, 0.4) is 0 Å². The SMILES string of the molecule is COc1ccc(OC)c([C@@H](O)[C@@H](C)NC(C)C)c1. The molecule has 0 aromatic heterocycles. The molecule has 0 aliphatic heterocycles. The summed E-state index contributed by atoms with van der Waals surface area (Å²) >= 11 is 0. The van der Waals surface area contributed by atoms with Crippen molar-refractivity contribution in [2.75, 3.05) is 14.2 Å². The van der Waals surface area contributed by atoms with Crippen LogP contribution >= 0.6 is 0 Å². The first-order valence-electron chi connectivity index (χ1n) is 6.15. The molecular formula is C14H23NO3. The predicted molar refractivity (Wildman–Crippen MR) is 72.2 cm³/mol. The third-order valence-corrected chi connectivity index (χ3v) is 2.83. The van der Waals surface area contributed by atoms with E-state index in [0.717, 1.165) is 5.56 Å². The van der Waals surface area contributed by atoms with Gasteiger partial charge in [0.15, 0.2) is 0 Å². The molecule has 0 spiro atoms. The summed E-state index contributed by atoms with van der Waals surface area (Å²) in [6.45, 7) is 6.04. The van der Waals surface area contributed by atoms with Crippen LogP contribution in [-0.2, 0) is 0 Å². The lowest BCUT2D eigenvalue weighted by molar-refractivity contribution is 0.128. The van der Waals surface area contributed by atoms with Gasteiger partial charge in [0, 0.05) is 17.6 Å². The molecule has 0 fully saturated rings. The lowest BCUT2D eigenvalue weighted by atomic mass is 10.0. The van der Waals surface area contributed by atoms with Crippen molar-refractivity contribution in [1.29, 1.82) is 0 Å². The number of nitrogens with one attached hydrogen (secondary N) is 1. The van der Waals surface area contributed by atoms with E-state index in [1.807, 2.05) is 32.9 Å². The zero-order chi connectivity index (χ0) is 13.7. The molecule has 1 rings (SSSR count). The van der Waals surface area contributed by atoms with E-state index in [9.17, 15) is 5.11 Å². The Hall–Kier alpha value is -1.26. The number of hydrogen-bond donors (Lipinski definition) is 2. The van der Waals surface area contributed by atoms with Crippen LogP contribution in [0.2, 0.25) is 0 Å². The lowest BCUT2D eigenvalue weighted by Crippen LogP contribution is -2.37. The Morgan fingerprint density at radius 3 is 2.28 bits per heavy atom. The van der Waals surface area contributed by atoms with E-state index in [1.165, 1.54) is 0 Å². The highest BCUT2D eigenvalue weighted by atomic mass is 16.5. The van der Waals surface area contributed by atoms with Crippen LogP contribution in [0.1, 0.15) is 32.4 Å². The fourth-order valence-electron chi connectivity index (χ4n) is 1.96. The van der Waals surface area contributed by atoms with Crippen molar-refractivity contribution < 1.29 is 14.6 Å². The highest BCUT2D eigenvalue weighted by Crippen LogP contribution is 2.31. The van der Waals surface area contributed by atoms with E-state index < -0.39 is 6.10 Å².